The normalized spacial score (nSPS) is 30.1. The fourth-order valence-corrected chi connectivity index (χ4v) is 1.51. The number of aliphatic hydroxyl groups is 1. The number of aliphatic hydroxyl groups excluding tert-OH is 1. The minimum atomic E-state index is -0.818. The van der Waals surface area contributed by atoms with Gasteiger partial charge in [0.25, 0.3) is 0 Å². The fourth-order valence-electron chi connectivity index (χ4n) is 1.51. The van der Waals surface area contributed by atoms with Crippen LogP contribution in [0.25, 0.3) is 0 Å². The van der Waals surface area contributed by atoms with Crippen LogP contribution < -0.4 is 5.32 Å². The van der Waals surface area contributed by atoms with E-state index in [1.807, 2.05) is 0 Å². The molecule has 0 aromatic rings. The van der Waals surface area contributed by atoms with Crippen molar-refractivity contribution in [2.75, 3.05) is 6.54 Å². The van der Waals surface area contributed by atoms with Crippen LogP contribution in [-0.2, 0) is 4.79 Å². The Morgan fingerprint density at radius 3 is 2.42 bits per heavy atom. The average molecular weight is 173 g/mol. The molecule has 0 aromatic carbocycles. The summed E-state index contributed by atoms with van der Waals surface area (Å²) < 4.78 is 0. The van der Waals surface area contributed by atoms with Crippen molar-refractivity contribution in [1.82, 2.24) is 5.32 Å². The van der Waals surface area contributed by atoms with E-state index in [0.29, 0.717) is 0 Å². The predicted molar refractivity (Wildman–Crippen MR) is 43.9 cm³/mol. The van der Waals surface area contributed by atoms with Crippen molar-refractivity contribution >= 4 is 5.97 Å². The highest BCUT2D eigenvalue weighted by atomic mass is 16.4. The Bertz CT molecular complexity index is 152. The smallest absolute Gasteiger partial charge is 0.317 e. The van der Waals surface area contributed by atoms with Crippen LogP contribution in [0.2, 0.25) is 0 Å². The highest BCUT2D eigenvalue weighted by Crippen LogP contribution is 2.17. The lowest BCUT2D eigenvalue weighted by Gasteiger charge is -2.25. The summed E-state index contributed by atoms with van der Waals surface area (Å²) in [6, 6.07) is 0.282. The van der Waals surface area contributed by atoms with Crippen molar-refractivity contribution < 1.29 is 15.0 Å². The third-order valence-corrected chi connectivity index (χ3v) is 2.24. The first kappa shape index (κ1) is 9.48. The van der Waals surface area contributed by atoms with Gasteiger partial charge in [-0.3, -0.25) is 4.79 Å². The van der Waals surface area contributed by atoms with E-state index in [2.05, 4.69) is 5.32 Å². The number of hydrogen-bond acceptors (Lipinski definition) is 3. The minimum Gasteiger partial charge on any atom is -0.480 e. The van der Waals surface area contributed by atoms with E-state index in [-0.39, 0.29) is 18.7 Å². The third kappa shape index (κ3) is 3.19. The van der Waals surface area contributed by atoms with Gasteiger partial charge >= 0.3 is 5.97 Å². The first-order valence-corrected chi connectivity index (χ1v) is 4.31. The number of carbonyl (C=O) groups is 1. The second kappa shape index (κ2) is 4.42. The van der Waals surface area contributed by atoms with Crippen molar-refractivity contribution in [2.45, 2.75) is 37.8 Å². The topological polar surface area (TPSA) is 69.6 Å². The van der Waals surface area contributed by atoms with Gasteiger partial charge in [-0.25, -0.2) is 0 Å². The molecule has 0 heterocycles. The van der Waals surface area contributed by atoms with Crippen LogP contribution in [0.1, 0.15) is 25.7 Å². The number of carboxylic acids is 1. The minimum absolute atomic E-state index is 0.0285. The quantitative estimate of drug-likeness (QED) is 0.560. The monoisotopic (exact) mass is 173 g/mol. The number of aliphatic carboxylic acids is 1. The van der Waals surface area contributed by atoms with E-state index in [1.54, 1.807) is 0 Å². The van der Waals surface area contributed by atoms with Crippen LogP contribution in [0.5, 0.6) is 0 Å². The lowest BCUT2D eigenvalue weighted by molar-refractivity contribution is -0.136. The zero-order chi connectivity index (χ0) is 8.97. The summed E-state index contributed by atoms with van der Waals surface area (Å²) in [4.78, 5) is 10.2. The van der Waals surface area contributed by atoms with Crippen LogP contribution in [0.4, 0.5) is 0 Å². The maximum Gasteiger partial charge on any atom is 0.317 e. The molecule has 1 saturated carbocycles. The van der Waals surface area contributed by atoms with Crippen molar-refractivity contribution in [2.24, 2.45) is 0 Å². The molecule has 0 atom stereocenters. The molecular weight excluding hydrogens is 158 g/mol. The summed E-state index contributed by atoms with van der Waals surface area (Å²) >= 11 is 0. The Morgan fingerprint density at radius 2 is 1.92 bits per heavy atom. The predicted octanol–water partition coefficient (Wildman–Crippen LogP) is -0.0359. The molecule has 70 valence electrons. The fraction of sp³-hybridized carbons (Fsp3) is 0.875. The summed E-state index contributed by atoms with van der Waals surface area (Å²) in [6.45, 7) is 0.0285. The van der Waals surface area contributed by atoms with Crippen molar-refractivity contribution in [3.05, 3.63) is 0 Å². The van der Waals surface area contributed by atoms with Crippen LogP contribution >= 0.6 is 0 Å². The van der Waals surface area contributed by atoms with Crippen LogP contribution in [0.3, 0.4) is 0 Å². The van der Waals surface area contributed by atoms with E-state index in [0.717, 1.165) is 25.7 Å². The van der Waals surface area contributed by atoms with Gasteiger partial charge in [0, 0.05) is 6.04 Å². The Balaban J connectivity index is 2.13. The van der Waals surface area contributed by atoms with E-state index in [4.69, 9.17) is 10.2 Å². The van der Waals surface area contributed by atoms with Crippen LogP contribution in [0.15, 0.2) is 0 Å². The van der Waals surface area contributed by atoms with Crippen molar-refractivity contribution in [3.8, 4) is 0 Å². The van der Waals surface area contributed by atoms with Crippen molar-refractivity contribution in [1.29, 1.82) is 0 Å². The number of nitrogens with one attached hydrogen (secondary N) is 1. The largest absolute Gasteiger partial charge is 0.480 e. The van der Waals surface area contributed by atoms with Crippen LogP contribution in [0, 0.1) is 0 Å². The van der Waals surface area contributed by atoms with E-state index in [9.17, 15) is 4.79 Å². The van der Waals surface area contributed by atoms with Crippen LogP contribution in [-0.4, -0.2) is 34.9 Å². The standard InChI is InChI=1S/C8H15NO3/c10-7-3-1-6(2-4-7)9-5-8(11)12/h6-7,9-10H,1-5H2,(H,11,12). The lowest BCUT2D eigenvalue weighted by Crippen LogP contribution is -2.37. The molecule has 0 saturated heterocycles. The summed E-state index contributed by atoms with van der Waals surface area (Å²) in [5, 5.41) is 20.5. The Morgan fingerprint density at radius 1 is 1.33 bits per heavy atom. The molecule has 4 heteroatoms. The summed E-state index contributed by atoms with van der Waals surface area (Å²) in [7, 11) is 0. The molecule has 0 spiro atoms. The molecule has 1 rings (SSSR count). The van der Waals surface area contributed by atoms with Gasteiger partial charge in [-0.05, 0) is 25.7 Å². The second-order valence-electron chi connectivity index (χ2n) is 3.28. The molecule has 0 bridgehead atoms. The maximum absolute atomic E-state index is 10.2. The molecule has 4 nitrogen and oxygen atoms in total. The second-order valence-corrected chi connectivity index (χ2v) is 3.28. The summed E-state index contributed by atoms with van der Waals surface area (Å²) in [5.74, 6) is -0.818. The molecule has 0 unspecified atom stereocenters. The van der Waals surface area contributed by atoms with Gasteiger partial charge in [0.2, 0.25) is 0 Å². The summed E-state index contributed by atoms with van der Waals surface area (Å²) in [6.07, 6.45) is 3.17. The van der Waals surface area contributed by atoms with Gasteiger partial charge in [-0.2, -0.15) is 0 Å². The van der Waals surface area contributed by atoms with Gasteiger partial charge in [0.05, 0.1) is 12.6 Å². The Kier molecular flexibility index (Phi) is 3.49. The van der Waals surface area contributed by atoms with Gasteiger partial charge in [-0.1, -0.05) is 0 Å². The molecule has 1 aliphatic carbocycles. The zero-order valence-electron chi connectivity index (χ0n) is 6.99. The van der Waals surface area contributed by atoms with Gasteiger partial charge in [-0.15, -0.1) is 0 Å². The molecule has 0 radical (unpaired) electrons. The van der Waals surface area contributed by atoms with Crippen molar-refractivity contribution in [3.63, 3.8) is 0 Å². The first-order valence-electron chi connectivity index (χ1n) is 4.31. The molecule has 1 aliphatic rings. The molecule has 0 aromatic heterocycles. The highest BCUT2D eigenvalue weighted by Gasteiger charge is 2.18. The van der Waals surface area contributed by atoms with Gasteiger partial charge < -0.3 is 15.5 Å². The number of rotatable bonds is 3. The molecule has 3 N–H and O–H groups in total. The third-order valence-electron chi connectivity index (χ3n) is 2.24. The first-order chi connectivity index (χ1) is 5.68. The molecule has 1 fully saturated rings. The summed E-state index contributed by atoms with van der Waals surface area (Å²) in [5.41, 5.74) is 0. The van der Waals surface area contributed by atoms with E-state index < -0.39 is 5.97 Å². The Hall–Kier alpha value is -0.610. The van der Waals surface area contributed by atoms with E-state index >= 15 is 0 Å². The maximum atomic E-state index is 10.2. The van der Waals surface area contributed by atoms with E-state index in [1.165, 1.54) is 0 Å². The zero-order valence-corrected chi connectivity index (χ0v) is 6.99. The molecular formula is C8H15NO3. The molecule has 0 amide bonds. The SMILES string of the molecule is O=C(O)CNC1CCC(O)CC1. The lowest BCUT2D eigenvalue weighted by atomic mass is 9.93. The average Bonchev–Trinajstić information content (AvgIpc) is 2.03. The van der Waals surface area contributed by atoms with Gasteiger partial charge in [0.1, 0.15) is 0 Å². The molecule has 0 aliphatic heterocycles. The Labute approximate surface area is 71.6 Å². The number of carboxylic acid groups (broad SMARTS) is 1. The molecule has 12 heavy (non-hydrogen) atoms. The number of hydrogen-bond donors (Lipinski definition) is 3. The highest BCUT2D eigenvalue weighted by molar-refractivity contribution is 5.69. The van der Waals surface area contributed by atoms with Gasteiger partial charge in [0.15, 0.2) is 0 Å².